The largest absolute Gasteiger partial charge is 0.439 e. The number of aromatic nitrogens is 4. The third-order valence-corrected chi connectivity index (χ3v) is 3.63. The summed E-state index contributed by atoms with van der Waals surface area (Å²) in [6.45, 7) is 2.95. The number of hydrogen-bond acceptors (Lipinski definition) is 7. The second kappa shape index (κ2) is 5.76. The van der Waals surface area contributed by atoms with E-state index in [1.165, 1.54) is 12.1 Å². The molecule has 0 atom stereocenters. The molecule has 0 aliphatic heterocycles. The van der Waals surface area contributed by atoms with Gasteiger partial charge >= 0.3 is 0 Å². The van der Waals surface area contributed by atoms with Crippen LogP contribution in [0.2, 0.25) is 0 Å². The Hall–Kier alpha value is -2.81. The van der Waals surface area contributed by atoms with Crippen LogP contribution in [-0.2, 0) is 20.1 Å². The number of benzene rings is 1. The molecule has 1 aromatic carbocycles. The third-order valence-electron chi connectivity index (χ3n) is 3.63. The third kappa shape index (κ3) is 3.04. The standard InChI is InChI=1S/C14H16N6O3/c1-9-16-17-13(19(9)3)7-18(2)8-14-15-11-6-10(20(21)22)4-5-12(11)23-14/h4-6H,7-8H2,1-3H3. The van der Waals surface area contributed by atoms with E-state index in [2.05, 4.69) is 15.2 Å². The molecule has 2 heterocycles. The number of aryl methyl sites for hydroxylation is 1. The molecule has 9 nitrogen and oxygen atoms in total. The van der Waals surface area contributed by atoms with Crippen molar-refractivity contribution in [1.82, 2.24) is 24.6 Å². The number of non-ortho nitro benzene ring substituents is 1. The maximum atomic E-state index is 10.8. The van der Waals surface area contributed by atoms with E-state index < -0.39 is 4.92 Å². The van der Waals surface area contributed by atoms with Crippen LogP contribution < -0.4 is 0 Å². The van der Waals surface area contributed by atoms with Gasteiger partial charge in [0.1, 0.15) is 17.2 Å². The van der Waals surface area contributed by atoms with Crippen LogP contribution in [0, 0.1) is 17.0 Å². The Kier molecular flexibility index (Phi) is 3.78. The minimum atomic E-state index is -0.448. The van der Waals surface area contributed by atoms with Crippen molar-refractivity contribution in [3.8, 4) is 0 Å². The van der Waals surface area contributed by atoms with Crippen molar-refractivity contribution < 1.29 is 9.34 Å². The fourth-order valence-electron chi connectivity index (χ4n) is 2.26. The molecule has 2 aromatic heterocycles. The molecule has 0 fully saturated rings. The minimum Gasteiger partial charge on any atom is -0.439 e. The summed E-state index contributed by atoms with van der Waals surface area (Å²) in [6, 6.07) is 4.38. The first kappa shape index (κ1) is 15.1. The van der Waals surface area contributed by atoms with Crippen LogP contribution in [0.3, 0.4) is 0 Å². The number of oxazole rings is 1. The number of fused-ring (bicyclic) bond motifs is 1. The number of rotatable bonds is 5. The summed E-state index contributed by atoms with van der Waals surface area (Å²) in [7, 11) is 3.83. The minimum absolute atomic E-state index is 0.000245. The summed E-state index contributed by atoms with van der Waals surface area (Å²) < 4.78 is 7.55. The molecule has 23 heavy (non-hydrogen) atoms. The summed E-state index contributed by atoms with van der Waals surface area (Å²) in [5.74, 6) is 2.20. The molecule has 0 bridgehead atoms. The van der Waals surface area contributed by atoms with Crippen molar-refractivity contribution in [3.05, 3.63) is 45.9 Å². The highest BCUT2D eigenvalue weighted by Gasteiger charge is 2.14. The molecule has 0 N–H and O–H groups in total. The van der Waals surface area contributed by atoms with Crippen molar-refractivity contribution >= 4 is 16.8 Å². The number of nitro benzene ring substituents is 1. The van der Waals surface area contributed by atoms with Crippen LogP contribution in [0.25, 0.3) is 11.1 Å². The van der Waals surface area contributed by atoms with E-state index in [0.717, 1.165) is 11.6 Å². The lowest BCUT2D eigenvalue weighted by Gasteiger charge is -2.13. The van der Waals surface area contributed by atoms with Gasteiger partial charge in [-0.15, -0.1) is 10.2 Å². The maximum Gasteiger partial charge on any atom is 0.271 e. The molecule has 0 amide bonds. The molecule has 120 valence electrons. The predicted molar refractivity (Wildman–Crippen MR) is 81.6 cm³/mol. The van der Waals surface area contributed by atoms with Crippen molar-refractivity contribution in [2.24, 2.45) is 7.05 Å². The SMILES string of the molecule is Cc1nnc(CN(C)Cc2nc3cc([N+](=O)[O-])ccc3o2)n1C. The van der Waals surface area contributed by atoms with E-state index in [4.69, 9.17) is 4.42 Å². The van der Waals surface area contributed by atoms with E-state index in [9.17, 15) is 10.1 Å². The van der Waals surface area contributed by atoms with Gasteiger partial charge in [0.05, 0.1) is 18.0 Å². The van der Waals surface area contributed by atoms with Crippen molar-refractivity contribution in [3.63, 3.8) is 0 Å². The summed E-state index contributed by atoms with van der Waals surface area (Å²) in [5.41, 5.74) is 1.02. The van der Waals surface area contributed by atoms with E-state index in [0.29, 0.717) is 30.1 Å². The number of nitrogens with zero attached hydrogens (tertiary/aromatic N) is 6. The lowest BCUT2D eigenvalue weighted by molar-refractivity contribution is -0.384. The zero-order valence-electron chi connectivity index (χ0n) is 13.1. The molecule has 0 radical (unpaired) electrons. The topological polar surface area (TPSA) is 103 Å². The molecule has 0 aliphatic rings. The van der Waals surface area contributed by atoms with Gasteiger partial charge in [-0.3, -0.25) is 15.0 Å². The molecular weight excluding hydrogens is 300 g/mol. The monoisotopic (exact) mass is 316 g/mol. The van der Waals surface area contributed by atoms with E-state index in [1.807, 2.05) is 30.5 Å². The van der Waals surface area contributed by atoms with Crippen molar-refractivity contribution in [1.29, 1.82) is 0 Å². The van der Waals surface area contributed by atoms with Gasteiger partial charge < -0.3 is 8.98 Å². The Bertz CT molecular complexity index is 869. The van der Waals surface area contributed by atoms with E-state index in [1.54, 1.807) is 6.07 Å². The highest BCUT2D eigenvalue weighted by atomic mass is 16.6. The first-order chi connectivity index (χ1) is 10.9. The van der Waals surface area contributed by atoms with Gasteiger partial charge in [-0.2, -0.15) is 0 Å². The lowest BCUT2D eigenvalue weighted by Crippen LogP contribution is -2.19. The highest BCUT2D eigenvalue weighted by Crippen LogP contribution is 2.22. The molecule has 0 aliphatic carbocycles. The Balaban J connectivity index is 1.75. The molecule has 3 rings (SSSR count). The van der Waals surface area contributed by atoms with Crippen LogP contribution in [0.15, 0.2) is 22.6 Å². The quantitative estimate of drug-likeness (QED) is 0.522. The van der Waals surface area contributed by atoms with Crippen LogP contribution in [0.4, 0.5) is 5.69 Å². The van der Waals surface area contributed by atoms with E-state index >= 15 is 0 Å². The molecule has 0 saturated carbocycles. The molecule has 0 saturated heterocycles. The molecular formula is C14H16N6O3. The fraction of sp³-hybridized carbons (Fsp3) is 0.357. The molecule has 0 spiro atoms. The Morgan fingerprint density at radius 3 is 2.78 bits per heavy atom. The average molecular weight is 316 g/mol. The molecule has 3 aromatic rings. The smallest absolute Gasteiger partial charge is 0.271 e. The van der Waals surface area contributed by atoms with Crippen molar-refractivity contribution in [2.45, 2.75) is 20.0 Å². The predicted octanol–water partition coefficient (Wildman–Crippen LogP) is 1.80. The first-order valence-electron chi connectivity index (χ1n) is 7.01. The number of nitro groups is 1. The van der Waals surface area contributed by atoms with Gasteiger partial charge in [0.15, 0.2) is 5.58 Å². The molecule has 0 unspecified atom stereocenters. The first-order valence-corrected chi connectivity index (χ1v) is 7.01. The Morgan fingerprint density at radius 2 is 2.13 bits per heavy atom. The van der Waals surface area contributed by atoms with Crippen LogP contribution >= 0.6 is 0 Å². The second-order valence-electron chi connectivity index (χ2n) is 5.41. The fourth-order valence-corrected chi connectivity index (χ4v) is 2.26. The van der Waals surface area contributed by atoms with Gasteiger partial charge in [-0.25, -0.2) is 4.98 Å². The van der Waals surface area contributed by atoms with Gasteiger partial charge in [-0.05, 0) is 20.0 Å². The Morgan fingerprint density at radius 1 is 1.35 bits per heavy atom. The summed E-state index contributed by atoms with van der Waals surface area (Å²) in [5, 5.41) is 18.9. The lowest BCUT2D eigenvalue weighted by atomic mass is 10.3. The summed E-state index contributed by atoms with van der Waals surface area (Å²) >= 11 is 0. The zero-order valence-corrected chi connectivity index (χ0v) is 13.1. The zero-order chi connectivity index (χ0) is 16.6. The van der Waals surface area contributed by atoms with Crippen LogP contribution in [0.1, 0.15) is 17.5 Å². The molecule has 9 heteroatoms. The normalized spacial score (nSPS) is 11.5. The van der Waals surface area contributed by atoms with Crippen LogP contribution in [-0.4, -0.2) is 36.6 Å². The maximum absolute atomic E-state index is 10.8. The van der Waals surface area contributed by atoms with Crippen LogP contribution in [0.5, 0.6) is 0 Å². The average Bonchev–Trinajstić information content (AvgIpc) is 3.03. The van der Waals surface area contributed by atoms with Gasteiger partial charge in [0.2, 0.25) is 5.89 Å². The van der Waals surface area contributed by atoms with Crippen molar-refractivity contribution in [2.75, 3.05) is 7.05 Å². The van der Waals surface area contributed by atoms with Gasteiger partial charge in [-0.1, -0.05) is 0 Å². The van der Waals surface area contributed by atoms with E-state index in [-0.39, 0.29) is 5.69 Å². The number of hydrogen-bond donors (Lipinski definition) is 0. The highest BCUT2D eigenvalue weighted by molar-refractivity contribution is 5.75. The summed E-state index contributed by atoms with van der Waals surface area (Å²) in [4.78, 5) is 16.6. The second-order valence-corrected chi connectivity index (χ2v) is 5.41. The Labute approximate surface area is 131 Å². The van der Waals surface area contributed by atoms with Gasteiger partial charge in [0.25, 0.3) is 5.69 Å². The summed E-state index contributed by atoms with van der Waals surface area (Å²) in [6.07, 6.45) is 0. The van der Waals surface area contributed by atoms with Gasteiger partial charge in [0, 0.05) is 19.2 Å².